The lowest BCUT2D eigenvalue weighted by atomic mass is 10.2. The maximum atomic E-state index is 12.7. The summed E-state index contributed by atoms with van der Waals surface area (Å²) in [5.41, 5.74) is 1.61. The van der Waals surface area contributed by atoms with E-state index in [-0.39, 0.29) is 11.8 Å². The second-order valence-corrected chi connectivity index (χ2v) is 6.81. The van der Waals surface area contributed by atoms with E-state index in [1.54, 1.807) is 29.4 Å². The standard InChI is InChI=1S/C23H21N3O3/c27-22-13-12-21(23(28)25-16-17-5-4-14-24-15-17)26(22)18-8-10-20(11-9-18)29-19-6-2-1-3-7-19/h1-11,14-15,21H,12-13,16H2,(H,25,28). The third-order valence-electron chi connectivity index (χ3n) is 4.80. The number of benzene rings is 2. The van der Waals surface area contributed by atoms with Crippen LogP contribution in [0.25, 0.3) is 0 Å². The largest absolute Gasteiger partial charge is 0.457 e. The number of hydrogen-bond donors (Lipinski definition) is 1. The summed E-state index contributed by atoms with van der Waals surface area (Å²) in [7, 11) is 0. The summed E-state index contributed by atoms with van der Waals surface area (Å²) in [4.78, 5) is 30.8. The highest BCUT2D eigenvalue weighted by molar-refractivity contribution is 6.03. The first-order chi connectivity index (χ1) is 14.2. The molecule has 3 aromatic rings. The minimum absolute atomic E-state index is 0.0525. The van der Waals surface area contributed by atoms with Gasteiger partial charge in [-0.2, -0.15) is 0 Å². The second kappa shape index (κ2) is 8.56. The first kappa shape index (κ1) is 18.7. The molecule has 2 heterocycles. The van der Waals surface area contributed by atoms with Crippen molar-refractivity contribution in [3.63, 3.8) is 0 Å². The van der Waals surface area contributed by atoms with Crippen molar-refractivity contribution in [3.8, 4) is 11.5 Å². The number of anilines is 1. The Bertz CT molecular complexity index is 975. The van der Waals surface area contributed by atoms with Crippen molar-refractivity contribution in [3.05, 3.63) is 84.7 Å². The predicted molar refractivity (Wildman–Crippen MR) is 110 cm³/mol. The smallest absolute Gasteiger partial charge is 0.243 e. The van der Waals surface area contributed by atoms with Crippen LogP contribution < -0.4 is 15.0 Å². The summed E-state index contributed by atoms with van der Waals surface area (Å²) in [5, 5.41) is 2.91. The lowest BCUT2D eigenvalue weighted by Crippen LogP contribution is -2.44. The van der Waals surface area contributed by atoms with Crippen LogP contribution in [0.5, 0.6) is 11.5 Å². The van der Waals surface area contributed by atoms with E-state index in [9.17, 15) is 9.59 Å². The van der Waals surface area contributed by atoms with Gasteiger partial charge in [-0.3, -0.25) is 19.5 Å². The number of amides is 2. The second-order valence-electron chi connectivity index (χ2n) is 6.81. The number of hydrogen-bond acceptors (Lipinski definition) is 4. The molecule has 6 heteroatoms. The molecule has 1 fully saturated rings. The fraction of sp³-hybridized carbons (Fsp3) is 0.174. The molecule has 1 aliphatic heterocycles. The zero-order valence-electron chi connectivity index (χ0n) is 15.8. The summed E-state index contributed by atoms with van der Waals surface area (Å²) >= 11 is 0. The highest BCUT2D eigenvalue weighted by Crippen LogP contribution is 2.30. The molecule has 0 bridgehead atoms. The third-order valence-corrected chi connectivity index (χ3v) is 4.80. The van der Waals surface area contributed by atoms with Crippen LogP contribution in [0.2, 0.25) is 0 Å². The number of carbonyl (C=O) groups is 2. The Morgan fingerprint density at radius 1 is 1.03 bits per heavy atom. The van der Waals surface area contributed by atoms with Crippen LogP contribution in [0.4, 0.5) is 5.69 Å². The van der Waals surface area contributed by atoms with Crippen LogP contribution in [-0.4, -0.2) is 22.8 Å². The Morgan fingerprint density at radius 2 is 1.79 bits per heavy atom. The molecule has 29 heavy (non-hydrogen) atoms. The minimum Gasteiger partial charge on any atom is -0.457 e. The number of aromatic nitrogens is 1. The van der Waals surface area contributed by atoms with Gasteiger partial charge in [-0.05, 0) is 54.4 Å². The number of ether oxygens (including phenoxy) is 1. The van der Waals surface area contributed by atoms with Gasteiger partial charge in [0.15, 0.2) is 0 Å². The number of pyridine rings is 1. The Morgan fingerprint density at radius 3 is 2.52 bits per heavy atom. The van der Waals surface area contributed by atoms with Crippen LogP contribution in [0.15, 0.2) is 79.1 Å². The van der Waals surface area contributed by atoms with E-state index in [4.69, 9.17) is 4.74 Å². The van der Waals surface area contributed by atoms with Gasteiger partial charge in [0.05, 0.1) is 0 Å². The molecule has 0 spiro atoms. The number of para-hydroxylation sites is 1. The van der Waals surface area contributed by atoms with Gasteiger partial charge < -0.3 is 10.1 Å². The Balaban J connectivity index is 1.44. The van der Waals surface area contributed by atoms with Crippen molar-refractivity contribution in [1.82, 2.24) is 10.3 Å². The summed E-state index contributed by atoms with van der Waals surface area (Å²) in [6.45, 7) is 0.384. The first-order valence-electron chi connectivity index (χ1n) is 9.52. The van der Waals surface area contributed by atoms with Crippen molar-refractivity contribution in [2.45, 2.75) is 25.4 Å². The molecular weight excluding hydrogens is 366 g/mol. The van der Waals surface area contributed by atoms with E-state index in [2.05, 4.69) is 10.3 Å². The molecule has 1 saturated heterocycles. The molecule has 146 valence electrons. The van der Waals surface area contributed by atoms with Crippen LogP contribution in [0.1, 0.15) is 18.4 Å². The van der Waals surface area contributed by atoms with Gasteiger partial charge in [0.2, 0.25) is 11.8 Å². The Labute approximate surface area is 169 Å². The normalized spacial score (nSPS) is 15.9. The molecule has 0 saturated carbocycles. The van der Waals surface area contributed by atoms with Crippen molar-refractivity contribution < 1.29 is 14.3 Å². The van der Waals surface area contributed by atoms with Crippen molar-refractivity contribution in [1.29, 1.82) is 0 Å². The lowest BCUT2D eigenvalue weighted by molar-refractivity contribution is -0.124. The van der Waals surface area contributed by atoms with E-state index >= 15 is 0 Å². The molecule has 0 aliphatic carbocycles. The summed E-state index contributed by atoms with van der Waals surface area (Å²) < 4.78 is 5.80. The van der Waals surface area contributed by atoms with E-state index < -0.39 is 6.04 Å². The van der Waals surface area contributed by atoms with Crippen molar-refractivity contribution in [2.24, 2.45) is 0 Å². The van der Waals surface area contributed by atoms with Crippen LogP contribution in [0.3, 0.4) is 0 Å². The summed E-state index contributed by atoms with van der Waals surface area (Å²) in [6.07, 6.45) is 4.25. The van der Waals surface area contributed by atoms with Gasteiger partial charge in [-0.1, -0.05) is 24.3 Å². The van der Waals surface area contributed by atoms with Crippen LogP contribution in [0, 0.1) is 0 Å². The van der Waals surface area contributed by atoms with Gasteiger partial charge in [-0.15, -0.1) is 0 Å². The van der Waals surface area contributed by atoms with Crippen molar-refractivity contribution in [2.75, 3.05) is 4.90 Å². The molecule has 1 unspecified atom stereocenters. The molecule has 1 aromatic heterocycles. The SMILES string of the molecule is O=C(NCc1cccnc1)C1CCC(=O)N1c1ccc(Oc2ccccc2)cc1. The highest BCUT2D eigenvalue weighted by Gasteiger charge is 2.36. The van der Waals surface area contributed by atoms with Crippen molar-refractivity contribution >= 4 is 17.5 Å². The van der Waals surface area contributed by atoms with Gasteiger partial charge in [-0.25, -0.2) is 0 Å². The monoisotopic (exact) mass is 387 g/mol. The van der Waals surface area contributed by atoms with E-state index in [0.717, 1.165) is 11.3 Å². The molecule has 2 aromatic carbocycles. The number of nitrogens with zero attached hydrogens (tertiary/aromatic N) is 2. The molecule has 0 radical (unpaired) electrons. The molecule has 1 aliphatic rings. The summed E-state index contributed by atoms with van der Waals surface area (Å²) in [6, 6.07) is 19.9. The molecular formula is C23H21N3O3. The van der Waals surface area contributed by atoms with Gasteiger partial charge in [0.1, 0.15) is 17.5 Å². The zero-order valence-corrected chi connectivity index (χ0v) is 15.8. The maximum Gasteiger partial charge on any atom is 0.243 e. The average Bonchev–Trinajstić information content (AvgIpc) is 3.15. The quantitative estimate of drug-likeness (QED) is 0.700. The molecule has 6 nitrogen and oxygen atoms in total. The molecule has 1 N–H and O–H groups in total. The fourth-order valence-electron chi connectivity index (χ4n) is 3.36. The zero-order chi connectivity index (χ0) is 20.1. The van der Waals surface area contributed by atoms with E-state index in [1.807, 2.05) is 54.6 Å². The fourth-order valence-corrected chi connectivity index (χ4v) is 3.36. The van der Waals surface area contributed by atoms with Crippen LogP contribution >= 0.6 is 0 Å². The molecule has 2 amide bonds. The molecule has 1 atom stereocenters. The average molecular weight is 387 g/mol. The maximum absolute atomic E-state index is 12.7. The predicted octanol–water partition coefficient (Wildman–Crippen LogP) is 3.69. The van der Waals surface area contributed by atoms with Gasteiger partial charge >= 0.3 is 0 Å². The molecule has 4 rings (SSSR count). The Hall–Kier alpha value is -3.67. The number of rotatable bonds is 6. The summed E-state index contributed by atoms with van der Waals surface area (Å²) in [5.74, 6) is 1.20. The lowest BCUT2D eigenvalue weighted by Gasteiger charge is -2.24. The Kier molecular flexibility index (Phi) is 5.52. The number of carbonyl (C=O) groups excluding carboxylic acids is 2. The van der Waals surface area contributed by atoms with E-state index in [1.165, 1.54) is 0 Å². The minimum atomic E-state index is -0.514. The third kappa shape index (κ3) is 4.43. The topological polar surface area (TPSA) is 71.5 Å². The first-order valence-corrected chi connectivity index (χ1v) is 9.52. The highest BCUT2D eigenvalue weighted by atomic mass is 16.5. The van der Waals surface area contributed by atoms with Gasteiger partial charge in [0, 0.05) is 31.0 Å². The number of nitrogens with one attached hydrogen (secondary N) is 1. The van der Waals surface area contributed by atoms with Crippen LogP contribution in [-0.2, 0) is 16.1 Å². The van der Waals surface area contributed by atoms with E-state index in [0.29, 0.717) is 30.8 Å². The van der Waals surface area contributed by atoms with Gasteiger partial charge in [0.25, 0.3) is 0 Å².